The van der Waals surface area contributed by atoms with Gasteiger partial charge in [0.15, 0.2) is 5.79 Å². The van der Waals surface area contributed by atoms with Gasteiger partial charge in [0.25, 0.3) is 0 Å². The number of unbranched alkanes of at least 4 members (excludes halogenated alkanes) is 1. The number of rotatable bonds is 6. The van der Waals surface area contributed by atoms with Gasteiger partial charge < -0.3 is 19.3 Å². The van der Waals surface area contributed by atoms with Gasteiger partial charge in [0.2, 0.25) is 0 Å². The van der Waals surface area contributed by atoms with Crippen LogP contribution in [0.15, 0.2) is 24.0 Å². The fraction of sp³-hybridized carbons (Fsp3) is 0.733. The van der Waals surface area contributed by atoms with Crippen molar-refractivity contribution in [1.82, 2.24) is 0 Å². The van der Waals surface area contributed by atoms with E-state index in [1.165, 1.54) is 5.57 Å². The molecule has 0 aromatic heterocycles. The van der Waals surface area contributed by atoms with Gasteiger partial charge in [-0.1, -0.05) is 12.5 Å². The zero-order valence-electron chi connectivity index (χ0n) is 11.8. The van der Waals surface area contributed by atoms with E-state index in [-0.39, 0.29) is 18.8 Å². The van der Waals surface area contributed by atoms with Gasteiger partial charge >= 0.3 is 0 Å². The molecule has 19 heavy (non-hydrogen) atoms. The Morgan fingerprint density at radius 3 is 2.74 bits per heavy atom. The maximum absolute atomic E-state index is 9.29. The zero-order valence-corrected chi connectivity index (χ0v) is 11.8. The van der Waals surface area contributed by atoms with Gasteiger partial charge in [-0.25, -0.2) is 0 Å². The van der Waals surface area contributed by atoms with Crippen LogP contribution in [0.25, 0.3) is 0 Å². The second kappa shape index (κ2) is 6.55. The van der Waals surface area contributed by atoms with Crippen molar-refractivity contribution in [3.05, 3.63) is 24.0 Å². The molecule has 4 nitrogen and oxygen atoms in total. The highest BCUT2D eigenvalue weighted by atomic mass is 16.8. The van der Waals surface area contributed by atoms with Gasteiger partial charge in [-0.05, 0) is 44.8 Å². The third kappa shape index (κ3) is 4.34. The van der Waals surface area contributed by atoms with E-state index in [2.05, 4.69) is 6.08 Å². The first-order valence-corrected chi connectivity index (χ1v) is 7.04. The summed E-state index contributed by atoms with van der Waals surface area (Å²) in [5, 5.41) is 9.29. The Morgan fingerprint density at radius 2 is 2.05 bits per heavy atom. The van der Waals surface area contributed by atoms with Gasteiger partial charge in [0.05, 0.1) is 19.0 Å². The van der Waals surface area contributed by atoms with Crippen molar-refractivity contribution in [1.29, 1.82) is 0 Å². The molecule has 0 saturated carbocycles. The molecule has 2 unspecified atom stereocenters. The maximum atomic E-state index is 9.29. The minimum atomic E-state index is -0.569. The van der Waals surface area contributed by atoms with E-state index in [4.69, 9.17) is 14.2 Å². The summed E-state index contributed by atoms with van der Waals surface area (Å²) in [6.07, 6.45) is 9.92. The fourth-order valence-corrected chi connectivity index (χ4v) is 2.57. The summed E-state index contributed by atoms with van der Waals surface area (Å²) >= 11 is 0. The van der Waals surface area contributed by atoms with Crippen molar-refractivity contribution in [2.45, 2.75) is 57.5 Å². The smallest absolute Gasteiger partial charge is 0.163 e. The zero-order chi connectivity index (χ0) is 13.7. The quantitative estimate of drug-likeness (QED) is 0.752. The molecule has 0 aromatic carbocycles. The van der Waals surface area contributed by atoms with Crippen molar-refractivity contribution < 1.29 is 19.3 Å². The van der Waals surface area contributed by atoms with Crippen LogP contribution in [-0.2, 0) is 14.2 Å². The molecule has 1 N–H and O–H groups in total. The van der Waals surface area contributed by atoms with Crippen LogP contribution >= 0.6 is 0 Å². The number of ether oxygens (including phenoxy) is 3. The second-order valence-corrected chi connectivity index (χ2v) is 5.57. The second-order valence-electron chi connectivity index (χ2n) is 5.57. The third-order valence-corrected chi connectivity index (χ3v) is 3.43. The molecular weight excluding hydrogens is 244 g/mol. The van der Waals surface area contributed by atoms with E-state index in [1.54, 1.807) is 0 Å². The number of allylic oxidation sites excluding steroid dienone is 2. The lowest BCUT2D eigenvalue weighted by Gasteiger charge is -2.16. The molecule has 2 heterocycles. The van der Waals surface area contributed by atoms with Crippen LogP contribution in [0.4, 0.5) is 0 Å². The predicted octanol–water partition coefficient (Wildman–Crippen LogP) is 2.53. The maximum Gasteiger partial charge on any atom is 0.163 e. The van der Waals surface area contributed by atoms with E-state index in [1.807, 2.05) is 26.2 Å². The van der Waals surface area contributed by atoms with E-state index in [0.29, 0.717) is 6.61 Å². The van der Waals surface area contributed by atoms with E-state index >= 15 is 0 Å². The Hall–Kier alpha value is -0.840. The first-order chi connectivity index (χ1) is 9.11. The summed E-state index contributed by atoms with van der Waals surface area (Å²) in [7, 11) is 0. The minimum Gasteiger partial charge on any atom is -0.497 e. The standard InChI is InChI=1S/C15H24O4/c1-15(2)18-13(14(10-16)19-15)8-4-3-6-12-7-5-9-17-11-12/h5,7,11,13-14,16H,3-4,6,8-10H2,1-2H3. The summed E-state index contributed by atoms with van der Waals surface area (Å²) in [4.78, 5) is 0. The minimum absolute atomic E-state index is 0.00660. The summed E-state index contributed by atoms with van der Waals surface area (Å²) < 4.78 is 16.7. The number of hydrogen-bond donors (Lipinski definition) is 1. The Balaban J connectivity index is 1.68. The highest BCUT2D eigenvalue weighted by Gasteiger charge is 2.40. The van der Waals surface area contributed by atoms with Crippen LogP contribution < -0.4 is 0 Å². The molecule has 2 aliphatic rings. The normalized spacial score (nSPS) is 29.1. The van der Waals surface area contributed by atoms with E-state index in [0.717, 1.165) is 25.7 Å². The summed E-state index contributed by atoms with van der Waals surface area (Å²) in [5.74, 6) is -0.569. The van der Waals surface area contributed by atoms with Crippen molar-refractivity contribution in [2.24, 2.45) is 0 Å². The van der Waals surface area contributed by atoms with Crippen LogP contribution in [0.1, 0.15) is 39.5 Å². The monoisotopic (exact) mass is 268 g/mol. The molecule has 0 spiro atoms. The fourth-order valence-electron chi connectivity index (χ4n) is 2.57. The first kappa shape index (κ1) is 14.6. The predicted molar refractivity (Wildman–Crippen MR) is 72.6 cm³/mol. The van der Waals surface area contributed by atoms with E-state index < -0.39 is 5.79 Å². The lowest BCUT2D eigenvalue weighted by molar-refractivity contribution is -0.149. The van der Waals surface area contributed by atoms with Crippen LogP contribution in [0.3, 0.4) is 0 Å². The van der Waals surface area contributed by atoms with Crippen LogP contribution in [0.2, 0.25) is 0 Å². The first-order valence-electron chi connectivity index (χ1n) is 7.04. The summed E-state index contributed by atoms with van der Waals surface area (Å²) in [6.45, 7) is 4.50. The Labute approximate surface area is 115 Å². The molecule has 1 fully saturated rings. The molecule has 0 bridgehead atoms. The average Bonchev–Trinajstić information content (AvgIpc) is 2.70. The van der Waals surface area contributed by atoms with Crippen molar-refractivity contribution in [2.75, 3.05) is 13.2 Å². The molecule has 0 aliphatic carbocycles. The van der Waals surface area contributed by atoms with Crippen molar-refractivity contribution >= 4 is 0 Å². The molecule has 108 valence electrons. The molecule has 0 amide bonds. The van der Waals surface area contributed by atoms with Crippen molar-refractivity contribution in [3.8, 4) is 0 Å². The molecule has 2 rings (SSSR count). The molecule has 2 atom stereocenters. The largest absolute Gasteiger partial charge is 0.497 e. The van der Waals surface area contributed by atoms with Crippen molar-refractivity contribution in [3.63, 3.8) is 0 Å². The van der Waals surface area contributed by atoms with Gasteiger partial charge in [0.1, 0.15) is 12.7 Å². The highest BCUT2D eigenvalue weighted by Crippen LogP contribution is 2.30. The molecular formula is C15H24O4. The molecule has 4 heteroatoms. The lowest BCUT2D eigenvalue weighted by Crippen LogP contribution is -2.26. The summed E-state index contributed by atoms with van der Waals surface area (Å²) in [6, 6.07) is 0. The molecule has 1 saturated heterocycles. The molecule has 2 aliphatic heterocycles. The van der Waals surface area contributed by atoms with Gasteiger partial charge in [-0.15, -0.1) is 0 Å². The number of aliphatic hydroxyl groups is 1. The van der Waals surface area contributed by atoms with Crippen LogP contribution in [-0.4, -0.2) is 36.3 Å². The highest BCUT2D eigenvalue weighted by molar-refractivity contribution is 5.18. The van der Waals surface area contributed by atoms with Crippen LogP contribution in [0.5, 0.6) is 0 Å². The lowest BCUT2D eigenvalue weighted by atomic mass is 10.0. The summed E-state index contributed by atoms with van der Waals surface area (Å²) in [5.41, 5.74) is 1.24. The molecule has 0 radical (unpaired) electrons. The average molecular weight is 268 g/mol. The third-order valence-electron chi connectivity index (χ3n) is 3.43. The van der Waals surface area contributed by atoms with Gasteiger partial charge in [0, 0.05) is 0 Å². The van der Waals surface area contributed by atoms with Gasteiger partial charge in [-0.2, -0.15) is 0 Å². The molecule has 0 aromatic rings. The van der Waals surface area contributed by atoms with Gasteiger partial charge in [-0.3, -0.25) is 0 Å². The Morgan fingerprint density at radius 1 is 1.26 bits per heavy atom. The topological polar surface area (TPSA) is 47.9 Å². The van der Waals surface area contributed by atoms with Crippen LogP contribution in [0, 0.1) is 0 Å². The van der Waals surface area contributed by atoms with E-state index in [9.17, 15) is 5.11 Å². The Kier molecular flexibility index (Phi) is 5.02. The Bertz CT molecular complexity index is 346. The SMILES string of the molecule is CC1(C)OC(CO)C(CCCCC2=COCC=C2)O1. The number of aliphatic hydroxyl groups excluding tert-OH is 1. The number of hydrogen-bond acceptors (Lipinski definition) is 4.